The topological polar surface area (TPSA) is 98.4 Å². The van der Waals surface area contributed by atoms with Crippen LogP contribution in [0.1, 0.15) is 16.8 Å². The summed E-state index contributed by atoms with van der Waals surface area (Å²) in [5.74, 6) is 0.599. The highest BCUT2D eigenvalue weighted by Crippen LogP contribution is 2.38. The minimum Gasteiger partial charge on any atom is -0.504 e. The lowest BCUT2D eigenvalue weighted by molar-refractivity contribution is 0.215. The molecule has 144 valence electrons. The van der Waals surface area contributed by atoms with Gasteiger partial charge in [0.2, 0.25) is 0 Å². The van der Waals surface area contributed by atoms with Gasteiger partial charge in [0, 0.05) is 37.0 Å². The van der Waals surface area contributed by atoms with Gasteiger partial charge in [-0.3, -0.25) is 14.7 Å². The van der Waals surface area contributed by atoms with Gasteiger partial charge in [0.25, 0.3) is 5.56 Å². The molecule has 2 heterocycles. The zero-order chi connectivity index (χ0) is 19.7. The summed E-state index contributed by atoms with van der Waals surface area (Å²) >= 11 is 0. The number of nitrogens with zero attached hydrogens (tertiary/aromatic N) is 1. The molecule has 3 N–H and O–H groups in total. The lowest BCUT2D eigenvalue weighted by atomic mass is 9.98. The first-order valence-electron chi connectivity index (χ1n) is 9.09. The Labute approximate surface area is 161 Å². The summed E-state index contributed by atoms with van der Waals surface area (Å²) in [6.07, 6.45) is 0. The number of aromatic hydroxyl groups is 1. The second kappa shape index (κ2) is 7.36. The average Bonchev–Trinajstić information content (AvgIpc) is 2.83. The van der Waals surface area contributed by atoms with Crippen LogP contribution in [0.4, 0.5) is 0 Å². The Morgan fingerprint density at radius 2 is 1.96 bits per heavy atom. The van der Waals surface area contributed by atoms with Crippen LogP contribution in [0.2, 0.25) is 0 Å². The minimum atomic E-state index is -0.520. The zero-order valence-corrected chi connectivity index (χ0v) is 15.5. The van der Waals surface area contributed by atoms with Gasteiger partial charge in [0.05, 0.1) is 0 Å². The maximum Gasteiger partial charge on any atom is 0.325 e. The normalized spacial score (nSPS) is 14.2. The number of nitrogens with one attached hydrogen (secondary N) is 2. The van der Waals surface area contributed by atoms with E-state index in [2.05, 4.69) is 14.9 Å². The van der Waals surface area contributed by atoms with E-state index < -0.39 is 11.2 Å². The third kappa shape index (κ3) is 3.70. The third-order valence-corrected chi connectivity index (χ3v) is 4.86. The summed E-state index contributed by atoms with van der Waals surface area (Å²) in [6.45, 7) is 3.96. The molecule has 0 fully saturated rings. The van der Waals surface area contributed by atoms with Gasteiger partial charge in [0.15, 0.2) is 11.5 Å². The van der Waals surface area contributed by atoms with Crippen molar-refractivity contribution >= 4 is 0 Å². The van der Waals surface area contributed by atoms with Gasteiger partial charge in [-0.05, 0) is 35.7 Å². The van der Waals surface area contributed by atoms with Crippen LogP contribution in [0.3, 0.4) is 0 Å². The summed E-state index contributed by atoms with van der Waals surface area (Å²) in [5, 5.41) is 10.5. The van der Waals surface area contributed by atoms with Gasteiger partial charge in [-0.15, -0.1) is 0 Å². The molecule has 0 amide bonds. The minimum absolute atomic E-state index is 0.113. The van der Waals surface area contributed by atoms with Gasteiger partial charge < -0.3 is 14.8 Å². The van der Waals surface area contributed by atoms with Crippen molar-refractivity contribution < 1.29 is 9.84 Å². The van der Waals surface area contributed by atoms with Crippen LogP contribution in [-0.4, -0.2) is 33.1 Å². The smallest absolute Gasteiger partial charge is 0.325 e. The summed E-state index contributed by atoms with van der Waals surface area (Å²) < 4.78 is 5.78. The quantitative estimate of drug-likeness (QED) is 0.648. The summed E-state index contributed by atoms with van der Waals surface area (Å²) in [5.41, 5.74) is 3.55. The van der Waals surface area contributed by atoms with Gasteiger partial charge in [-0.25, -0.2) is 4.79 Å². The average molecular weight is 379 g/mol. The number of benzene rings is 2. The first-order valence-corrected chi connectivity index (χ1v) is 9.09. The maximum atomic E-state index is 11.5. The fourth-order valence-electron chi connectivity index (χ4n) is 3.59. The summed E-state index contributed by atoms with van der Waals surface area (Å²) in [4.78, 5) is 29.9. The molecule has 7 heteroatoms. The predicted molar refractivity (Wildman–Crippen MR) is 106 cm³/mol. The Hall–Kier alpha value is -3.32. The standard InChI is InChI=1S/C21H21N3O4/c1-13-4-2-3-5-17(13)14-8-15-11-24(6-7-28-20(15)18(25)9-14)12-16-10-19(26)23-21(27)22-16/h2-5,8-10,25H,6-7,11-12H2,1H3,(H2,22,23,26,27). The van der Waals surface area contributed by atoms with E-state index in [0.29, 0.717) is 37.7 Å². The van der Waals surface area contributed by atoms with E-state index in [9.17, 15) is 14.7 Å². The number of aromatic amines is 2. The second-order valence-electron chi connectivity index (χ2n) is 6.97. The highest BCUT2D eigenvalue weighted by Gasteiger charge is 2.20. The van der Waals surface area contributed by atoms with Crippen molar-refractivity contribution in [1.82, 2.24) is 14.9 Å². The molecule has 0 bridgehead atoms. The first-order chi connectivity index (χ1) is 13.5. The number of aryl methyl sites for hydroxylation is 1. The van der Waals surface area contributed by atoms with Crippen molar-refractivity contribution in [3.63, 3.8) is 0 Å². The molecule has 4 rings (SSSR count). The molecule has 0 saturated heterocycles. The number of aromatic nitrogens is 2. The Morgan fingerprint density at radius 3 is 2.75 bits per heavy atom. The van der Waals surface area contributed by atoms with Gasteiger partial charge >= 0.3 is 5.69 Å². The number of fused-ring (bicyclic) bond motifs is 1. The SMILES string of the molecule is Cc1ccccc1-c1cc(O)c2c(c1)CN(Cc1cc(=O)[nH]c(=O)[nH]1)CCO2. The van der Waals surface area contributed by atoms with Crippen LogP contribution in [0.5, 0.6) is 11.5 Å². The Kier molecular flexibility index (Phi) is 4.75. The molecule has 1 aliphatic rings. The van der Waals surface area contributed by atoms with Crippen molar-refractivity contribution in [2.75, 3.05) is 13.2 Å². The van der Waals surface area contributed by atoms with Crippen LogP contribution in [-0.2, 0) is 13.1 Å². The number of H-pyrrole nitrogens is 2. The number of hydrogen-bond acceptors (Lipinski definition) is 5. The first kappa shape index (κ1) is 18.1. The van der Waals surface area contributed by atoms with Crippen LogP contribution in [0.25, 0.3) is 11.1 Å². The monoisotopic (exact) mass is 379 g/mol. The van der Waals surface area contributed by atoms with Crippen molar-refractivity contribution in [3.8, 4) is 22.6 Å². The van der Waals surface area contributed by atoms with E-state index in [0.717, 1.165) is 22.3 Å². The molecule has 0 spiro atoms. The molecule has 28 heavy (non-hydrogen) atoms. The molecule has 1 aliphatic heterocycles. The molecule has 0 atom stereocenters. The summed E-state index contributed by atoms with van der Waals surface area (Å²) in [6, 6.07) is 13.1. The van der Waals surface area contributed by atoms with Crippen molar-refractivity contribution in [2.24, 2.45) is 0 Å². The van der Waals surface area contributed by atoms with Crippen molar-refractivity contribution in [2.45, 2.75) is 20.0 Å². The van der Waals surface area contributed by atoms with E-state index in [1.165, 1.54) is 6.07 Å². The molecule has 0 aliphatic carbocycles. The summed E-state index contributed by atoms with van der Waals surface area (Å²) in [7, 11) is 0. The molecule has 0 saturated carbocycles. The molecule has 7 nitrogen and oxygen atoms in total. The number of phenolic OH excluding ortho intramolecular Hbond substituents is 1. The van der Waals surface area contributed by atoms with Crippen LogP contribution >= 0.6 is 0 Å². The predicted octanol–water partition coefficient (Wildman–Crippen LogP) is 2.14. The van der Waals surface area contributed by atoms with Crippen molar-refractivity contribution in [3.05, 3.63) is 80.1 Å². The Bertz CT molecular complexity index is 1100. The van der Waals surface area contributed by atoms with E-state index >= 15 is 0 Å². The number of hydrogen-bond donors (Lipinski definition) is 3. The Morgan fingerprint density at radius 1 is 1.14 bits per heavy atom. The van der Waals surface area contributed by atoms with Crippen LogP contribution in [0, 0.1) is 6.92 Å². The lowest BCUT2D eigenvalue weighted by Gasteiger charge is -2.19. The van der Waals surface area contributed by atoms with E-state index in [-0.39, 0.29) is 5.75 Å². The van der Waals surface area contributed by atoms with Crippen LogP contribution in [0.15, 0.2) is 52.1 Å². The molecule has 3 aromatic rings. The molecule has 0 radical (unpaired) electrons. The molecular formula is C21H21N3O4. The van der Waals surface area contributed by atoms with E-state index in [1.54, 1.807) is 6.07 Å². The number of rotatable bonds is 3. The molecule has 1 aromatic heterocycles. The number of ether oxygens (including phenoxy) is 1. The number of phenols is 1. The highest BCUT2D eigenvalue weighted by atomic mass is 16.5. The largest absolute Gasteiger partial charge is 0.504 e. The molecule has 2 aromatic carbocycles. The molecule has 0 unspecified atom stereocenters. The van der Waals surface area contributed by atoms with E-state index in [4.69, 9.17) is 4.74 Å². The lowest BCUT2D eigenvalue weighted by Crippen LogP contribution is -2.29. The fourth-order valence-corrected chi connectivity index (χ4v) is 3.59. The fraction of sp³-hybridized carbons (Fsp3) is 0.238. The van der Waals surface area contributed by atoms with E-state index in [1.807, 2.05) is 37.3 Å². The highest BCUT2D eigenvalue weighted by molar-refractivity contribution is 5.71. The maximum absolute atomic E-state index is 11.5. The van der Waals surface area contributed by atoms with Gasteiger partial charge in [-0.2, -0.15) is 0 Å². The van der Waals surface area contributed by atoms with Crippen LogP contribution < -0.4 is 16.0 Å². The third-order valence-electron chi connectivity index (χ3n) is 4.86. The molecular weight excluding hydrogens is 358 g/mol. The van der Waals surface area contributed by atoms with Crippen molar-refractivity contribution in [1.29, 1.82) is 0 Å². The van der Waals surface area contributed by atoms with Gasteiger partial charge in [0.1, 0.15) is 6.61 Å². The zero-order valence-electron chi connectivity index (χ0n) is 15.5. The second-order valence-corrected chi connectivity index (χ2v) is 6.97. The Balaban J connectivity index is 1.67. The van der Waals surface area contributed by atoms with Gasteiger partial charge in [-0.1, -0.05) is 24.3 Å².